The fourth-order valence-electron chi connectivity index (χ4n) is 9.90. The molecule has 0 saturated heterocycles. The maximum atomic E-state index is 12.9. The molecule has 0 heterocycles. The molecule has 2 atom stereocenters. The Morgan fingerprint density at radius 3 is 0.814 bits per heavy atom. The Balaban J connectivity index is 4.26. The molecular formula is C64H124O6. The van der Waals surface area contributed by atoms with Gasteiger partial charge in [-0.15, -0.1) is 0 Å². The molecule has 0 aliphatic rings. The lowest BCUT2D eigenvalue weighted by atomic mass is 9.99. The lowest BCUT2D eigenvalue weighted by Crippen LogP contribution is -2.30. The van der Waals surface area contributed by atoms with Crippen molar-refractivity contribution < 1.29 is 28.6 Å². The predicted octanol–water partition coefficient (Wildman–Crippen LogP) is 21.2. The maximum absolute atomic E-state index is 12.9. The van der Waals surface area contributed by atoms with Gasteiger partial charge < -0.3 is 14.2 Å². The highest BCUT2D eigenvalue weighted by Gasteiger charge is 2.19. The summed E-state index contributed by atoms with van der Waals surface area (Å²) in [7, 11) is 0. The average Bonchev–Trinajstić information content (AvgIpc) is 3.35. The fraction of sp³-hybridized carbons (Fsp3) is 0.953. The van der Waals surface area contributed by atoms with Crippen molar-refractivity contribution >= 4 is 17.9 Å². The summed E-state index contributed by atoms with van der Waals surface area (Å²) in [5, 5.41) is 0. The van der Waals surface area contributed by atoms with Crippen LogP contribution >= 0.6 is 0 Å². The molecule has 0 aliphatic heterocycles. The zero-order valence-electron chi connectivity index (χ0n) is 48.2. The van der Waals surface area contributed by atoms with Gasteiger partial charge >= 0.3 is 17.9 Å². The molecule has 0 spiro atoms. The van der Waals surface area contributed by atoms with Crippen LogP contribution in [0.25, 0.3) is 0 Å². The molecule has 0 fully saturated rings. The van der Waals surface area contributed by atoms with E-state index in [1.807, 2.05) is 0 Å². The monoisotopic (exact) mass is 989 g/mol. The number of hydrogen-bond acceptors (Lipinski definition) is 6. The van der Waals surface area contributed by atoms with Crippen LogP contribution in [0, 0.1) is 11.8 Å². The Labute approximate surface area is 438 Å². The molecule has 0 bridgehead atoms. The Bertz CT molecular complexity index is 1070. The van der Waals surface area contributed by atoms with Gasteiger partial charge in [0.25, 0.3) is 0 Å². The summed E-state index contributed by atoms with van der Waals surface area (Å²) in [6.45, 7) is 11.5. The highest BCUT2D eigenvalue weighted by molar-refractivity contribution is 5.71. The van der Waals surface area contributed by atoms with Gasteiger partial charge in [0, 0.05) is 19.3 Å². The van der Waals surface area contributed by atoms with Crippen molar-refractivity contribution in [2.24, 2.45) is 11.8 Å². The first-order chi connectivity index (χ1) is 34.3. The van der Waals surface area contributed by atoms with Crippen LogP contribution < -0.4 is 0 Å². The summed E-state index contributed by atoms with van der Waals surface area (Å²) in [5.74, 6) is 0.922. The van der Waals surface area contributed by atoms with E-state index >= 15 is 0 Å². The van der Waals surface area contributed by atoms with Gasteiger partial charge in [0.05, 0.1) is 0 Å². The van der Waals surface area contributed by atoms with E-state index in [1.165, 1.54) is 250 Å². The second-order valence-corrected chi connectivity index (χ2v) is 22.8. The van der Waals surface area contributed by atoms with Crippen LogP contribution in [0.15, 0.2) is 0 Å². The normalized spacial score (nSPS) is 12.4. The summed E-state index contributed by atoms with van der Waals surface area (Å²) < 4.78 is 16.9. The molecule has 0 saturated carbocycles. The zero-order valence-corrected chi connectivity index (χ0v) is 48.2. The number of unbranched alkanes of at least 4 members (excludes halogenated alkanes) is 42. The summed E-state index contributed by atoms with van der Waals surface area (Å²) in [6, 6.07) is 0. The van der Waals surface area contributed by atoms with Gasteiger partial charge in [-0.25, -0.2) is 0 Å². The minimum absolute atomic E-state index is 0.0619. The van der Waals surface area contributed by atoms with Crippen molar-refractivity contribution in [3.05, 3.63) is 0 Å². The first-order valence-electron chi connectivity index (χ1n) is 31.8. The van der Waals surface area contributed by atoms with E-state index < -0.39 is 6.10 Å². The average molecular weight is 990 g/mol. The molecule has 0 rings (SSSR count). The van der Waals surface area contributed by atoms with Crippen LogP contribution in [0.3, 0.4) is 0 Å². The van der Waals surface area contributed by atoms with Gasteiger partial charge in [-0.3, -0.25) is 14.4 Å². The molecule has 0 aromatic carbocycles. The maximum Gasteiger partial charge on any atom is 0.306 e. The molecule has 1 unspecified atom stereocenters. The molecule has 6 nitrogen and oxygen atoms in total. The fourth-order valence-corrected chi connectivity index (χ4v) is 9.90. The topological polar surface area (TPSA) is 78.9 Å². The number of rotatable bonds is 58. The van der Waals surface area contributed by atoms with E-state index in [2.05, 4.69) is 34.6 Å². The van der Waals surface area contributed by atoms with Crippen molar-refractivity contribution in [1.29, 1.82) is 0 Å². The Kier molecular flexibility index (Phi) is 55.4. The predicted molar refractivity (Wildman–Crippen MR) is 303 cm³/mol. The van der Waals surface area contributed by atoms with Crippen LogP contribution in [-0.4, -0.2) is 37.2 Å². The quantitative estimate of drug-likeness (QED) is 0.0343. The van der Waals surface area contributed by atoms with Gasteiger partial charge in [0.15, 0.2) is 6.10 Å². The molecule has 416 valence electrons. The lowest BCUT2D eigenvalue weighted by Gasteiger charge is -2.18. The molecule has 0 radical (unpaired) electrons. The number of hydrogen-bond donors (Lipinski definition) is 0. The van der Waals surface area contributed by atoms with Gasteiger partial charge in [-0.05, 0) is 31.1 Å². The number of carbonyl (C=O) groups excluding carboxylic acids is 3. The highest BCUT2D eigenvalue weighted by Crippen LogP contribution is 2.19. The molecular weight excluding hydrogens is 865 g/mol. The number of carbonyl (C=O) groups is 3. The van der Waals surface area contributed by atoms with E-state index in [1.54, 1.807) is 0 Å². The van der Waals surface area contributed by atoms with Gasteiger partial charge in [-0.1, -0.05) is 324 Å². The second-order valence-electron chi connectivity index (χ2n) is 22.8. The SMILES string of the molecule is CCCCCCCCCCCCCCCC(=O)OC[C@@H](COC(=O)CCCCCCCCCCCCCCCCC(C)CC)OC(=O)CCCCCCCCCCCCCCCCCCCCC(C)C. The molecule has 0 aliphatic carbocycles. The number of ether oxygens (including phenoxy) is 3. The largest absolute Gasteiger partial charge is 0.462 e. The molecule has 0 N–H and O–H groups in total. The smallest absolute Gasteiger partial charge is 0.306 e. The molecule has 0 amide bonds. The minimum atomic E-state index is -0.763. The standard InChI is InChI=1S/C64H124O6/c1-6-8-9-10-11-12-13-22-29-34-39-44-49-54-62(65)68-57-61(58-69-63(66)55-50-45-40-35-30-25-21-20-24-28-33-38-43-48-53-60(5)7-2)70-64(67)56-51-46-41-36-31-26-19-17-15-14-16-18-23-27-32-37-42-47-52-59(3)4/h59-61H,6-58H2,1-5H3/t60?,61-/m0/s1. The summed E-state index contributed by atoms with van der Waals surface area (Å²) >= 11 is 0. The summed E-state index contributed by atoms with van der Waals surface area (Å²) in [6.07, 6.45) is 62.4. The molecule has 0 aromatic heterocycles. The van der Waals surface area contributed by atoms with Crippen molar-refractivity contribution in [3.8, 4) is 0 Å². The third kappa shape index (κ3) is 55.7. The van der Waals surface area contributed by atoms with Crippen molar-refractivity contribution in [2.75, 3.05) is 13.2 Å². The van der Waals surface area contributed by atoms with Crippen molar-refractivity contribution in [3.63, 3.8) is 0 Å². The second kappa shape index (κ2) is 56.7. The van der Waals surface area contributed by atoms with Gasteiger partial charge in [0.1, 0.15) is 13.2 Å². The lowest BCUT2D eigenvalue weighted by molar-refractivity contribution is -0.167. The van der Waals surface area contributed by atoms with Crippen LogP contribution in [0.2, 0.25) is 0 Å². The van der Waals surface area contributed by atoms with Crippen molar-refractivity contribution in [2.45, 2.75) is 368 Å². The Morgan fingerprint density at radius 2 is 0.543 bits per heavy atom. The van der Waals surface area contributed by atoms with E-state index in [0.29, 0.717) is 19.3 Å². The third-order valence-corrected chi connectivity index (χ3v) is 15.1. The van der Waals surface area contributed by atoms with Gasteiger partial charge in [0.2, 0.25) is 0 Å². The molecule has 6 heteroatoms. The first kappa shape index (κ1) is 68.4. The first-order valence-corrected chi connectivity index (χ1v) is 31.8. The Hall–Kier alpha value is -1.59. The third-order valence-electron chi connectivity index (χ3n) is 15.1. The minimum Gasteiger partial charge on any atom is -0.462 e. The highest BCUT2D eigenvalue weighted by atomic mass is 16.6. The van der Waals surface area contributed by atoms with Gasteiger partial charge in [-0.2, -0.15) is 0 Å². The van der Waals surface area contributed by atoms with E-state index in [-0.39, 0.29) is 31.1 Å². The van der Waals surface area contributed by atoms with Crippen molar-refractivity contribution in [1.82, 2.24) is 0 Å². The Morgan fingerprint density at radius 1 is 0.300 bits per heavy atom. The van der Waals surface area contributed by atoms with E-state index in [0.717, 1.165) is 69.6 Å². The zero-order chi connectivity index (χ0) is 51.1. The van der Waals surface area contributed by atoms with Crippen LogP contribution in [0.1, 0.15) is 362 Å². The summed E-state index contributed by atoms with van der Waals surface area (Å²) in [5.41, 5.74) is 0. The molecule has 0 aromatic rings. The van der Waals surface area contributed by atoms with Crippen LogP contribution in [0.5, 0.6) is 0 Å². The van der Waals surface area contributed by atoms with Crippen LogP contribution in [-0.2, 0) is 28.6 Å². The van der Waals surface area contributed by atoms with E-state index in [4.69, 9.17) is 14.2 Å². The van der Waals surface area contributed by atoms with E-state index in [9.17, 15) is 14.4 Å². The molecule has 70 heavy (non-hydrogen) atoms. The van der Waals surface area contributed by atoms with Crippen LogP contribution in [0.4, 0.5) is 0 Å². The number of esters is 3. The summed E-state index contributed by atoms with van der Waals surface area (Å²) in [4.78, 5) is 38.3.